The molecule has 2 aromatic rings. The lowest BCUT2D eigenvalue weighted by Crippen LogP contribution is -2.46. The summed E-state index contributed by atoms with van der Waals surface area (Å²) in [7, 11) is 1.38. The van der Waals surface area contributed by atoms with Crippen LogP contribution in [-0.2, 0) is 18.4 Å². The molecule has 150 valence electrons. The molecule has 0 unspecified atom stereocenters. The maximum Gasteiger partial charge on any atom is 0.331 e. The number of hydrogen-bond acceptors (Lipinski definition) is 5. The molecule has 1 fully saturated rings. The molecule has 3 rings (SSSR count). The van der Waals surface area contributed by atoms with Crippen molar-refractivity contribution in [3.63, 3.8) is 0 Å². The molecule has 1 aliphatic rings. The fourth-order valence-corrected chi connectivity index (χ4v) is 3.44. The van der Waals surface area contributed by atoms with E-state index in [1.165, 1.54) is 23.9 Å². The number of carbonyl (C=O) groups is 1. The quantitative estimate of drug-likeness (QED) is 0.802. The summed E-state index contributed by atoms with van der Waals surface area (Å²) >= 11 is 6.14. The van der Waals surface area contributed by atoms with Crippen LogP contribution in [0, 0.1) is 0 Å². The van der Waals surface area contributed by atoms with E-state index >= 15 is 0 Å². The highest BCUT2D eigenvalue weighted by Crippen LogP contribution is 2.30. The summed E-state index contributed by atoms with van der Waals surface area (Å²) < 4.78 is 2.16. The van der Waals surface area contributed by atoms with Crippen LogP contribution in [0.4, 0.5) is 11.4 Å². The second kappa shape index (κ2) is 8.62. The molecule has 0 radical (unpaired) electrons. The first-order chi connectivity index (χ1) is 13.4. The van der Waals surface area contributed by atoms with Crippen molar-refractivity contribution in [1.29, 1.82) is 0 Å². The van der Waals surface area contributed by atoms with Crippen LogP contribution >= 0.6 is 11.6 Å². The van der Waals surface area contributed by atoms with Crippen LogP contribution in [0.1, 0.15) is 6.92 Å². The van der Waals surface area contributed by atoms with Gasteiger partial charge >= 0.3 is 5.69 Å². The molecule has 8 nitrogen and oxygen atoms in total. The van der Waals surface area contributed by atoms with Gasteiger partial charge in [0.15, 0.2) is 0 Å². The van der Waals surface area contributed by atoms with E-state index in [1.54, 1.807) is 12.1 Å². The van der Waals surface area contributed by atoms with Crippen molar-refractivity contribution in [2.75, 3.05) is 42.9 Å². The number of piperazine rings is 1. The number of nitrogens with zero attached hydrogens (tertiary/aromatic N) is 4. The highest BCUT2D eigenvalue weighted by atomic mass is 35.5. The van der Waals surface area contributed by atoms with Crippen LogP contribution in [0.2, 0.25) is 5.02 Å². The van der Waals surface area contributed by atoms with Gasteiger partial charge < -0.3 is 15.1 Å². The minimum Gasteiger partial charge on any atom is -0.367 e. The molecule has 0 saturated carbocycles. The van der Waals surface area contributed by atoms with Crippen molar-refractivity contribution in [3.05, 3.63) is 56.3 Å². The minimum absolute atomic E-state index is 0.192. The summed E-state index contributed by atoms with van der Waals surface area (Å²) in [5.74, 6) is -0.364. The van der Waals surface area contributed by atoms with Crippen molar-refractivity contribution < 1.29 is 4.79 Å². The zero-order valence-corrected chi connectivity index (χ0v) is 16.8. The smallest absolute Gasteiger partial charge is 0.331 e. The second-order valence-corrected chi connectivity index (χ2v) is 7.19. The third-order valence-electron chi connectivity index (χ3n) is 4.97. The Bertz CT molecular complexity index is 976. The molecule has 1 N–H and O–H groups in total. The molecule has 0 atom stereocenters. The molecule has 1 aromatic carbocycles. The Kier molecular flexibility index (Phi) is 6.21. The van der Waals surface area contributed by atoms with Gasteiger partial charge in [-0.2, -0.15) is 0 Å². The van der Waals surface area contributed by atoms with Gasteiger partial charge in [-0.3, -0.25) is 18.7 Å². The molecule has 0 spiro atoms. The Balaban J connectivity index is 1.77. The topological polar surface area (TPSA) is 79.6 Å². The number of aromatic nitrogens is 2. The van der Waals surface area contributed by atoms with Gasteiger partial charge in [0.25, 0.3) is 5.56 Å². The van der Waals surface area contributed by atoms with Crippen molar-refractivity contribution in [2.45, 2.75) is 13.5 Å². The number of hydrogen-bond donors (Lipinski definition) is 1. The van der Waals surface area contributed by atoms with Crippen LogP contribution in [0.15, 0.2) is 40.1 Å². The largest absolute Gasteiger partial charge is 0.367 e. The molecule has 9 heteroatoms. The standard InChI is InChI=1S/C19H24ClN5O3/c1-3-23-8-10-24(11-9-23)16-5-4-14(20)12-15(16)21-17(26)13-25-7-6-18(27)22(2)19(25)28/h4-7,12H,3,8-11,13H2,1-2H3,(H,21,26). The summed E-state index contributed by atoms with van der Waals surface area (Å²) in [5, 5.41) is 3.38. The van der Waals surface area contributed by atoms with Gasteiger partial charge in [-0.05, 0) is 24.7 Å². The van der Waals surface area contributed by atoms with Crippen molar-refractivity contribution in [3.8, 4) is 0 Å². The van der Waals surface area contributed by atoms with Gasteiger partial charge in [0.1, 0.15) is 6.54 Å². The van der Waals surface area contributed by atoms with Crippen LogP contribution in [-0.4, -0.2) is 52.7 Å². The molecule has 1 amide bonds. The zero-order valence-electron chi connectivity index (χ0n) is 16.0. The molecule has 1 aromatic heterocycles. The van der Waals surface area contributed by atoms with E-state index in [2.05, 4.69) is 22.0 Å². The normalized spacial score (nSPS) is 14.9. The number of anilines is 2. The van der Waals surface area contributed by atoms with Crippen molar-refractivity contribution in [2.24, 2.45) is 7.05 Å². The number of benzene rings is 1. The van der Waals surface area contributed by atoms with E-state index in [1.807, 2.05) is 6.07 Å². The summed E-state index contributed by atoms with van der Waals surface area (Å²) in [5.41, 5.74) is 0.566. The second-order valence-electron chi connectivity index (χ2n) is 6.75. The summed E-state index contributed by atoms with van der Waals surface area (Å²) in [6, 6.07) is 6.67. The maximum atomic E-state index is 12.5. The van der Waals surface area contributed by atoms with Gasteiger partial charge in [-0.15, -0.1) is 0 Å². The van der Waals surface area contributed by atoms with E-state index in [9.17, 15) is 14.4 Å². The summed E-state index contributed by atoms with van der Waals surface area (Å²) in [4.78, 5) is 40.8. The molecule has 2 heterocycles. The highest BCUT2D eigenvalue weighted by Gasteiger charge is 2.19. The van der Waals surface area contributed by atoms with Crippen LogP contribution in [0.3, 0.4) is 0 Å². The average Bonchev–Trinajstić information content (AvgIpc) is 2.69. The van der Waals surface area contributed by atoms with Gasteiger partial charge in [0, 0.05) is 50.5 Å². The fraction of sp³-hybridized carbons (Fsp3) is 0.421. The number of rotatable bonds is 5. The summed E-state index contributed by atoms with van der Waals surface area (Å²) in [6.07, 6.45) is 1.33. The number of nitrogens with one attached hydrogen (secondary N) is 1. The molecular formula is C19H24ClN5O3. The lowest BCUT2D eigenvalue weighted by molar-refractivity contribution is -0.116. The number of carbonyl (C=O) groups excluding carboxylic acids is 1. The van der Waals surface area contributed by atoms with Crippen molar-refractivity contribution in [1.82, 2.24) is 14.0 Å². The SMILES string of the molecule is CCN1CCN(c2ccc(Cl)cc2NC(=O)Cn2ccc(=O)n(C)c2=O)CC1. The van der Waals surface area contributed by atoms with Gasteiger partial charge in [0.05, 0.1) is 11.4 Å². The van der Waals surface area contributed by atoms with E-state index in [4.69, 9.17) is 11.6 Å². The van der Waals surface area contributed by atoms with Crippen LogP contribution in [0.5, 0.6) is 0 Å². The monoisotopic (exact) mass is 405 g/mol. The van der Waals surface area contributed by atoms with Crippen LogP contribution < -0.4 is 21.5 Å². The maximum absolute atomic E-state index is 12.5. The molecular weight excluding hydrogens is 382 g/mol. The van der Waals surface area contributed by atoms with Gasteiger partial charge in [-0.1, -0.05) is 18.5 Å². The Hall–Kier alpha value is -2.58. The average molecular weight is 406 g/mol. The third kappa shape index (κ3) is 4.45. The molecule has 1 aliphatic heterocycles. The Labute approximate surface area is 167 Å². The molecule has 0 bridgehead atoms. The lowest BCUT2D eigenvalue weighted by atomic mass is 10.2. The third-order valence-corrected chi connectivity index (χ3v) is 5.20. The predicted octanol–water partition coefficient (Wildman–Crippen LogP) is 0.981. The number of likely N-dealkylation sites (N-methyl/N-ethyl adjacent to an activating group) is 1. The minimum atomic E-state index is -0.537. The Morgan fingerprint density at radius 3 is 2.54 bits per heavy atom. The molecule has 0 aliphatic carbocycles. The first kappa shape index (κ1) is 20.2. The number of amides is 1. The van der Waals surface area contributed by atoms with E-state index in [0.29, 0.717) is 10.7 Å². The fourth-order valence-electron chi connectivity index (χ4n) is 3.27. The number of halogens is 1. The highest BCUT2D eigenvalue weighted by molar-refractivity contribution is 6.31. The van der Waals surface area contributed by atoms with Gasteiger partial charge in [-0.25, -0.2) is 4.79 Å². The lowest BCUT2D eigenvalue weighted by Gasteiger charge is -2.36. The first-order valence-electron chi connectivity index (χ1n) is 9.22. The zero-order chi connectivity index (χ0) is 20.3. The molecule has 1 saturated heterocycles. The van der Waals surface area contributed by atoms with E-state index in [-0.39, 0.29) is 12.5 Å². The first-order valence-corrected chi connectivity index (χ1v) is 9.60. The van der Waals surface area contributed by atoms with Gasteiger partial charge in [0.2, 0.25) is 5.91 Å². The Morgan fingerprint density at radius 2 is 1.86 bits per heavy atom. The van der Waals surface area contributed by atoms with E-state index < -0.39 is 11.2 Å². The summed E-state index contributed by atoms with van der Waals surface area (Å²) in [6.45, 7) is 6.61. The predicted molar refractivity (Wildman–Crippen MR) is 110 cm³/mol. The van der Waals surface area contributed by atoms with Crippen molar-refractivity contribution >= 4 is 28.9 Å². The Morgan fingerprint density at radius 1 is 1.14 bits per heavy atom. The molecule has 28 heavy (non-hydrogen) atoms. The van der Waals surface area contributed by atoms with E-state index in [0.717, 1.165) is 43.0 Å². The van der Waals surface area contributed by atoms with Crippen LogP contribution in [0.25, 0.3) is 0 Å².